The third-order valence-electron chi connectivity index (χ3n) is 1.08. The lowest BCUT2D eigenvalue weighted by atomic mass is 10.3. The van der Waals surface area contributed by atoms with Crippen molar-refractivity contribution in [1.82, 2.24) is 4.98 Å². The van der Waals surface area contributed by atoms with Gasteiger partial charge >= 0.3 is 0 Å². The molecule has 1 aromatic heterocycles. The maximum atomic E-state index is 6.60. The molecule has 0 spiro atoms. The second kappa shape index (κ2) is 4.70. The van der Waals surface area contributed by atoms with Crippen LogP contribution in [0, 0.1) is 6.57 Å². The molecule has 0 bridgehead atoms. The second-order valence-corrected chi connectivity index (χ2v) is 2.04. The minimum Gasteiger partial charge on any atom is -0.361 e. The molecule has 1 rings (SSSR count). The number of aromatic nitrogens is 1. The van der Waals surface area contributed by atoms with E-state index in [-0.39, 0.29) is 7.43 Å². The van der Waals surface area contributed by atoms with Gasteiger partial charge in [-0.1, -0.05) is 20.1 Å². The van der Waals surface area contributed by atoms with E-state index in [0.29, 0.717) is 11.7 Å². The minimum absolute atomic E-state index is 0. The summed E-state index contributed by atoms with van der Waals surface area (Å²) in [6.45, 7) is 6.60. The summed E-state index contributed by atoms with van der Waals surface area (Å²) in [6.07, 6.45) is 1.61. The monoisotopic (exact) mass is 168 g/mol. The van der Waals surface area contributed by atoms with Crippen molar-refractivity contribution in [2.24, 2.45) is 0 Å². The third kappa shape index (κ3) is 2.57. The molecule has 1 aromatic rings. The Balaban J connectivity index is 0.000001000. The Morgan fingerprint density at radius 1 is 1.55 bits per heavy atom. The summed E-state index contributed by atoms with van der Waals surface area (Å²) in [5.41, 5.74) is 0.939. The molecule has 3 heteroatoms. The molecule has 0 aliphatic rings. The zero-order chi connectivity index (χ0) is 7.40. The van der Waals surface area contributed by atoms with Gasteiger partial charge in [0.2, 0.25) is 0 Å². The number of halogens is 1. The van der Waals surface area contributed by atoms with Crippen LogP contribution in [0.4, 0.5) is 5.82 Å². The lowest BCUT2D eigenvalue weighted by molar-refractivity contribution is 1.26. The van der Waals surface area contributed by atoms with E-state index in [1.165, 1.54) is 0 Å². The molecule has 0 aromatic carbocycles. The van der Waals surface area contributed by atoms with E-state index < -0.39 is 0 Å². The van der Waals surface area contributed by atoms with Gasteiger partial charge in [0.15, 0.2) is 0 Å². The lowest BCUT2D eigenvalue weighted by Crippen LogP contribution is -1.77. The molecule has 0 amide bonds. The summed E-state index contributed by atoms with van der Waals surface area (Å²) in [5.74, 6) is 0.861. The molecule has 0 saturated heterocycles. The summed E-state index contributed by atoms with van der Waals surface area (Å²) < 4.78 is 0. The smallest absolute Gasteiger partial charge is 0.269 e. The number of alkyl halides is 1. The van der Waals surface area contributed by atoms with Gasteiger partial charge in [-0.05, 0) is 6.07 Å². The summed E-state index contributed by atoms with van der Waals surface area (Å²) in [7, 11) is 0. The molecule has 2 nitrogen and oxygen atoms in total. The Morgan fingerprint density at radius 3 is 2.64 bits per heavy atom. The van der Waals surface area contributed by atoms with E-state index in [0.717, 1.165) is 5.56 Å². The molecule has 0 saturated carbocycles. The Hall–Kier alpha value is -1.07. The number of rotatable bonds is 1. The van der Waals surface area contributed by atoms with Crippen molar-refractivity contribution in [2.75, 3.05) is 0 Å². The van der Waals surface area contributed by atoms with Crippen LogP contribution in [0.3, 0.4) is 0 Å². The van der Waals surface area contributed by atoms with E-state index in [1.807, 2.05) is 0 Å². The van der Waals surface area contributed by atoms with Gasteiger partial charge < -0.3 is 4.85 Å². The third-order valence-corrected chi connectivity index (χ3v) is 1.39. The van der Waals surface area contributed by atoms with Gasteiger partial charge in [0.1, 0.15) is 6.20 Å². The van der Waals surface area contributed by atoms with Gasteiger partial charge in [0, 0.05) is 5.56 Å². The lowest BCUT2D eigenvalue weighted by Gasteiger charge is -1.89. The van der Waals surface area contributed by atoms with Crippen molar-refractivity contribution >= 4 is 17.4 Å². The summed E-state index contributed by atoms with van der Waals surface area (Å²) in [5, 5.41) is 0. The van der Waals surface area contributed by atoms with Crippen molar-refractivity contribution in [3.05, 3.63) is 35.3 Å². The molecule has 11 heavy (non-hydrogen) atoms. The largest absolute Gasteiger partial charge is 0.361 e. The van der Waals surface area contributed by atoms with E-state index in [2.05, 4.69) is 9.83 Å². The first kappa shape index (κ1) is 9.93. The van der Waals surface area contributed by atoms with Gasteiger partial charge in [0.25, 0.3) is 5.82 Å². The minimum atomic E-state index is 0. The summed E-state index contributed by atoms with van der Waals surface area (Å²) in [4.78, 5) is 6.97. The van der Waals surface area contributed by atoms with Gasteiger partial charge in [-0.3, -0.25) is 0 Å². The molecular formula is C8H9ClN2. The van der Waals surface area contributed by atoms with E-state index in [4.69, 9.17) is 18.2 Å². The van der Waals surface area contributed by atoms with Crippen LogP contribution in [0.5, 0.6) is 0 Å². The molecule has 58 valence electrons. The standard InChI is InChI=1S/C7H5ClN2.CH4/c1-9-7-3-2-6(4-8)5-10-7;/h2-3,5H,4H2;1H4. The average molecular weight is 169 g/mol. The van der Waals surface area contributed by atoms with Crippen molar-refractivity contribution in [1.29, 1.82) is 0 Å². The fourth-order valence-corrected chi connectivity index (χ4v) is 0.720. The van der Waals surface area contributed by atoms with Crippen LogP contribution in [-0.2, 0) is 5.88 Å². The molecule has 0 radical (unpaired) electrons. The van der Waals surface area contributed by atoms with Crippen LogP contribution in [0.25, 0.3) is 4.85 Å². The highest BCUT2D eigenvalue weighted by molar-refractivity contribution is 6.17. The Morgan fingerprint density at radius 2 is 2.27 bits per heavy atom. The van der Waals surface area contributed by atoms with E-state index >= 15 is 0 Å². The topological polar surface area (TPSA) is 17.2 Å². The predicted molar refractivity (Wildman–Crippen MR) is 46.8 cm³/mol. The average Bonchev–Trinajstić information content (AvgIpc) is 2.05. The number of hydrogen-bond donors (Lipinski definition) is 0. The zero-order valence-electron chi connectivity index (χ0n) is 5.21. The van der Waals surface area contributed by atoms with Gasteiger partial charge in [-0.2, -0.15) is 0 Å². The highest BCUT2D eigenvalue weighted by Crippen LogP contribution is 2.08. The summed E-state index contributed by atoms with van der Waals surface area (Å²) in [6, 6.07) is 3.46. The van der Waals surface area contributed by atoms with Crippen molar-refractivity contribution in [3.63, 3.8) is 0 Å². The molecular weight excluding hydrogens is 160 g/mol. The van der Waals surface area contributed by atoms with E-state index in [9.17, 15) is 0 Å². The van der Waals surface area contributed by atoms with Crippen LogP contribution in [0.15, 0.2) is 18.3 Å². The first-order valence-corrected chi connectivity index (χ1v) is 3.28. The Labute approximate surface area is 71.7 Å². The van der Waals surface area contributed by atoms with Crippen molar-refractivity contribution < 1.29 is 0 Å². The second-order valence-electron chi connectivity index (χ2n) is 1.77. The Kier molecular flexibility index (Phi) is 4.24. The highest BCUT2D eigenvalue weighted by Gasteiger charge is 1.93. The quantitative estimate of drug-likeness (QED) is 0.466. The molecule has 0 N–H and O–H groups in total. The fourth-order valence-electron chi connectivity index (χ4n) is 0.562. The fraction of sp³-hybridized carbons (Fsp3) is 0.250. The number of pyridine rings is 1. The van der Waals surface area contributed by atoms with Crippen molar-refractivity contribution in [3.8, 4) is 0 Å². The molecule has 0 unspecified atom stereocenters. The molecule has 1 heterocycles. The van der Waals surface area contributed by atoms with Gasteiger partial charge in [-0.15, -0.1) is 16.6 Å². The van der Waals surface area contributed by atoms with Crippen LogP contribution >= 0.6 is 11.6 Å². The van der Waals surface area contributed by atoms with Gasteiger partial charge in [0.05, 0.1) is 5.88 Å². The van der Waals surface area contributed by atoms with Crippen LogP contribution in [-0.4, -0.2) is 4.98 Å². The van der Waals surface area contributed by atoms with Crippen LogP contribution in [0.2, 0.25) is 0 Å². The summed E-state index contributed by atoms with van der Waals surface area (Å²) >= 11 is 5.50. The first-order valence-electron chi connectivity index (χ1n) is 2.75. The normalized spacial score (nSPS) is 8.00. The SMILES string of the molecule is C.[C-]#[N+]c1ccc(CCl)cn1. The van der Waals surface area contributed by atoms with Gasteiger partial charge in [-0.25, -0.2) is 0 Å². The van der Waals surface area contributed by atoms with Crippen molar-refractivity contribution in [2.45, 2.75) is 13.3 Å². The maximum Gasteiger partial charge on any atom is 0.269 e. The zero-order valence-corrected chi connectivity index (χ0v) is 5.97. The number of hydrogen-bond acceptors (Lipinski definition) is 1. The highest BCUT2D eigenvalue weighted by atomic mass is 35.5. The molecule has 0 aliphatic heterocycles. The number of nitrogens with zero attached hydrogens (tertiary/aromatic N) is 2. The van der Waals surface area contributed by atoms with Crippen LogP contribution in [0.1, 0.15) is 13.0 Å². The molecule has 0 aliphatic carbocycles. The molecule has 0 atom stereocenters. The van der Waals surface area contributed by atoms with Crippen LogP contribution < -0.4 is 0 Å². The molecule has 0 fully saturated rings. The first-order chi connectivity index (χ1) is 4.86. The predicted octanol–water partition coefficient (Wildman–Crippen LogP) is 3.01. The maximum absolute atomic E-state index is 6.60. The van der Waals surface area contributed by atoms with E-state index in [1.54, 1.807) is 18.3 Å². The Bertz CT molecular complexity index is 248.